The quantitative estimate of drug-likeness (QED) is 0.789. The van der Waals surface area contributed by atoms with Gasteiger partial charge in [-0.2, -0.15) is 4.31 Å². The van der Waals surface area contributed by atoms with Crippen LogP contribution in [0.2, 0.25) is 0 Å². The van der Waals surface area contributed by atoms with E-state index in [2.05, 4.69) is 0 Å². The lowest BCUT2D eigenvalue weighted by Crippen LogP contribution is -2.38. The number of aliphatic hydroxyl groups excluding tert-OH is 1. The van der Waals surface area contributed by atoms with E-state index in [-0.39, 0.29) is 36.2 Å². The lowest BCUT2D eigenvalue weighted by Gasteiger charge is -2.25. The second-order valence-electron chi connectivity index (χ2n) is 4.74. The fourth-order valence-electron chi connectivity index (χ4n) is 1.89. The monoisotopic (exact) mass is 304 g/mol. The molecule has 5 nitrogen and oxygen atoms in total. The number of rotatable bonds is 7. The summed E-state index contributed by atoms with van der Waals surface area (Å²) in [5.74, 6) is -0.516. The van der Waals surface area contributed by atoms with E-state index in [1.807, 2.05) is 0 Å². The van der Waals surface area contributed by atoms with Gasteiger partial charge in [0.05, 0.1) is 4.90 Å². The molecule has 1 aromatic carbocycles. The Kier molecular flexibility index (Phi) is 6.07. The number of sulfonamides is 1. The third-order valence-corrected chi connectivity index (χ3v) is 5.03. The molecule has 0 atom stereocenters. The van der Waals surface area contributed by atoms with Gasteiger partial charge in [0.2, 0.25) is 10.0 Å². The topological polar surface area (TPSA) is 83.6 Å². The van der Waals surface area contributed by atoms with Crippen LogP contribution >= 0.6 is 0 Å². The minimum atomic E-state index is -3.72. The van der Waals surface area contributed by atoms with E-state index in [1.54, 1.807) is 13.8 Å². The number of nitrogens with two attached hydrogens (primary N) is 1. The van der Waals surface area contributed by atoms with E-state index in [0.29, 0.717) is 6.42 Å². The average molecular weight is 304 g/mol. The first-order valence-electron chi connectivity index (χ1n) is 6.45. The molecule has 0 aliphatic heterocycles. The number of benzene rings is 1. The first-order valence-corrected chi connectivity index (χ1v) is 7.89. The maximum atomic E-state index is 13.4. The summed E-state index contributed by atoms with van der Waals surface area (Å²) in [5.41, 5.74) is 5.56. The molecule has 7 heteroatoms. The summed E-state index contributed by atoms with van der Waals surface area (Å²) in [7, 11) is -3.72. The normalized spacial score (nSPS) is 12.3. The van der Waals surface area contributed by atoms with Crippen molar-refractivity contribution in [3.8, 4) is 0 Å². The van der Waals surface area contributed by atoms with Crippen LogP contribution < -0.4 is 5.73 Å². The molecule has 1 rings (SSSR count). The first kappa shape index (κ1) is 17.0. The molecule has 0 amide bonds. The zero-order chi connectivity index (χ0) is 15.3. The number of nitrogens with zero attached hydrogens (tertiary/aromatic N) is 1. The highest BCUT2D eigenvalue weighted by Crippen LogP contribution is 2.21. The van der Waals surface area contributed by atoms with Gasteiger partial charge in [-0.05, 0) is 38.5 Å². The summed E-state index contributed by atoms with van der Waals surface area (Å²) in [6, 6.07) is 3.36. The molecule has 0 saturated carbocycles. The second-order valence-corrected chi connectivity index (χ2v) is 6.63. The van der Waals surface area contributed by atoms with Crippen molar-refractivity contribution >= 4 is 10.0 Å². The van der Waals surface area contributed by atoms with Gasteiger partial charge in [-0.25, -0.2) is 12.8 Å². The zero-order valence-electron chi connectivity index (χ0n) is 11.7. The number of hydrogen-bond acceptors (Lipinski definition) is 4. The van der Waals surface area contributed by atoms with E-state index < -0.39 is 15.8 Å². The summed E-state index contributed by atoms with van der Waals surface area (Å²) >= 11 is 0. The van der Waals surface area contributed by atoms with Gasteiger partial charge in [0.25, 0.3) is 0 Å². The third-order valence-electron chi connectivity index (χ3n) is 2.96. The molecule has 1 aromatic rings. The molecule has 0 unspecified atom stereocenters. The van der Waals surface area contributed by atoms with Gasteiger partial charge in [0, 0.05) is 31.3 Å². The van der Waals surface area contributed by atoms with Crippen molar-refractivity contribution in [1.82, 2.24) is 4.31 Å². The highest BCUT2D eigenvalue weighted by molar-refractivity contribution is 7.89. The molecule has 0 bridgehead atoms. The Morgan fingerprint density at radius 3 is 2.55 bits per heavy atom. The molecule has 20 heavy (non-hydrogen) atoms. The van der Waals surface area contributed by atoms with Crippen molar-refractivity contribution in [1.29, 1.82) is 0 Å². The van der Waals surface area contributed by atoms with Crippen molar-refractivity contribution in [3.63, 3.8) is 0 Å². The van der Waals surface area contributed by atoms with Gasteiger partial charge in [-0.15, -0.1) is 0 Å². The fraction of sp³-hybridized carbons (Fsp3) is 0.538. The number of halogens is 1. The average Bonchev–Trinajstić information content (AvgIpc) is 2.38. The SMILES string of the molecule is CC(C)N(CCCO)S(=O)(=O)c1ccc(F)c(CN)c1. The molecule has 0 spiro atoms. The Morgan fingerprint density at radius 2 is 2.05 bits per heavy atom. The molecule has 0 radical (unpaired) electrons. The summed E-state index contributed by atoms with van der Waals surface area (Å²) in [4.78, 5) is 0.0194. The molecular weight excluding hydrogens is 283 g/mol. The lowest BCUT2D eigenvalue weighted by molar-refractivity contribution is 0.258. The Labute approximate surface area is 119 Å². The molecule has 0 saturated heterocycles. The highest BCUT2D eigenvalue weighted by Gasteiger charge is 2.27. The maximum Gasteiger partial charge on any atom is 0.243 e. The molecule has 114 valence electrons. The van der Waals surface area contributed by atoms with Crippen LogP contribution in [-0.4, -0.2) is 37.0 Å². The van der Waals surface area contributed by atoms with Gasteiger partial charge in [-0.3, -0.25) is 0 Å². The van der Waals surface area contributed by atoms with Crippen LogP contribution in [0, 0.1) is 5.82 Å². The Morgan fingerprint density at radius 1 is 1.40 bits per heavy atom. The first-order chi connectivity index (χ1) is 9.34. The lowest BCUT2D eigenvalue weighted by atomic mass is 10.2. The Hall–Kier alpha value is -1.02. The number of aliphatic hydroxyl groups is 1. The maximum absolute atomic E-state index is 13.4. The summed E-state index contributed by atoms with van der Waals surface area (Å²) < 4.78 is 39.8. The Balaban J connectivity index is 3.19. The van der Waals surface area contributed by atoms with E-state index in [4.69, 9.17) is 10.8 Å². The molecule has 0 heterocycles. The Bertz CT molecular complexity index is 547. The van der Waals surface area contributed by atoms with E-state index in [1.165, 1.54) is 16.4 Å². The highest BCUT2D eigenvalue weighted by atomic mass is 32.2. The minimum absolute atomic E-state index is 0.0194. The number of hydrogen-bond donors (Lipinski definition) is 2. The summed E-state index contributed by atoms with van der Waals surface area (Å²) in [6.45, 7) is 3.57. The molecule has 3 N–H and O–H groups in total. The van der Waals surface area contributed by atoms with Crippen molar-refractivity contribution in [2.45, 2.75) is 37.8 Å². The van der Waals surface area contributed by atoms with Crippen LogP contribution in [0.4, 0.5) is 4.39 Å². The van der Waals surface area contributed by atoms with E-state index in [9.17, 15) is 12.8 Å². The van der Waals surface area contributed by atoms with Gasteiger partial charge < -0.3 is 10.8 Å². The van der Waals surface area contributed by atoms with Gasteiger partial charge in [0.15, 0.2) is 0 Å². The van der Waals surface area contributed by atoms with Crippen molar-refractivity contribution in [3.05, 3.63) is 29.6 Å². The van der Waals surface area contributed by atoms with Gasteiger partial charge in [0.1, 0.15) is 5.82 Å². The smallest absolute Gasteiger partial charge is 0.243 e. The standard InChI is InChI=1S/C13H21FN2O3S/c1-10(2)16(6-3-7-17)20(18,19)12-4-5-13(14)11(8-12)9-15/h4-5,8,10,17H,3,6-7,9,15H2,1-2H3. The van der Waals surface area contributed by atoms with Crippen LogP contribution in [-0.2, 0) is 16.6 Å². The largest absolute Gasteiger partial charge is 0.396 e. The minimum Gasteiger partial charge on any atom is -0.396 e. The summed E-state index contributed by atoms with van der Waals surface area (Å²) in [6.07, 6.45) is 0.350. The molecule has 0 aliphatic carbocycles. The van der Waals surface area contributed by atoms with Crippen molar-refractivity contribution < 1.29 is 17.9 Å². The summed E-state index contributed by atoms with van der Waals surface area (Å²) in [5, 5.41) is 8.86. The van der Waals surface area contributed by atoms with Gasteiger partial charge in [-0.1, -0.05) is 0 Å². The van der Waals surface area contributed by atoms with Crippen LogP contribution in [0.5, 0.6) is 0 Å². The zero-order valence-corrected chi connectivity index (χ0v) is 12.5. The molecular formula is C13H21FN2O3S. The van der Waals surface area contributed by atoms with Crippen molar-refractivity contribution in [2.24, 2.45) is 5.73 Å². The second kappa shape index (κ2) is 7.12. The van der Waals surface area contributed by atoms with Crippen LogP contribution in [0.15, 0.2) is 23.1 Å². The third kappa shape index (κ3) is 3.76. The van der Waals surface area contributed by atoms with Crippen LogP contribution in [0.1, 0.15) is 25.8 Å². The molecule has 0 aromatic heterocycles. The predicted molar refractivity (Wildman–Crippen MR) is 75.0 cm³/mol. The van der Waals surface area contributed by atoms with Gasteiger partial charge >= 0.3 is 0 Å². The van der Waals surface area contributed by atoms with Crippen LogP contribution in [0.25, 0.3) is 0 Å². The molecule has 0 aliphatic rings. The fourth-order valence-corrected chi connectivity index (χ4v) is 3.61. The van der Waals surface area contributed by atoms with Crippen molar-refractivity contribution in [2.75, 3.05) is 13.2 Å². The predicted octanol–water partition coefficient (Wildman–Crippen LogP) is 1.07. The van der Waals surface area contributed by atoms with E-state index >= 15 is 0 Å². The van der Waals surface area contributed by atoms with E-state index in [0.717, 1.165) is 6.07 Å². The van der Waals surface area contributed by atoms with Crippen LogP contribution in [0.3, 0.4) is 0 Å². The molecule has 0 fully saturated rings.